The maximum absolute atomic E-state index is 12.1. The molecule has 21 nitrogen and oxygen atoms in total. The van der Waals surface area contributed by atoms with Crippen LogP contribution in [0.2, 0.25) is 0 Å². The summed E-state index contributed by atoms with van der Waals surface area (Å²) in [6, 6.07) is 0. The SMILES string of the molecule is C=C(C)C(=O)OC1CC(C)(C)C(C)C(C)(C)C1.C=C(C)C(=O)OC1CC(C)(C)[NH2+]C(C)(C)C1.C=C(C)C(=O)OC1CC(C)(C)[NH2+]C(C)(C)C1.C=C(C)C(=O)OCC[NH+]1CCOCC1.CC([O-])(C(F)(F)F)C(F)(F)F.CC([O-])=NS(C)(=O)=O.CS([NH-])(=O)=O.[O-]c1c(F)c(F)c(F)c(F)c1F. The number of hydrogen-bond acceptors (Lipinski definition) is 16. The van der Waals surface area contributed by atoms with Crippen LogP contribution in [-0.2, 0) is 62.9 Å². The molecule has 0 radical (unpaired) electrons. The zero-order chi connectivity index (χ0) is 79.2. The summed E-state index contributed by atoms with van der Waals surface area (Å²) >= 11 is 0. The molecule has 1 aliphatic carbocycles. The Morgan fingerprint density at radius 3 is 1.06 bits per heavy atom. The van der Waals surface area contributed by atoms with Crippen LogP contribution in [0.15, 0.2) is 53.0 Å². The van der Waals surface area contributed by atoms with E-state index in [0.717, 1.165) is 90.8 Å². The van der Waals surface area contributed by atoms with E-state index in [1.54, 1.807) is 27.7 Å². The van der Waals surface area contributed by atoms with Crippen molar-refractivity contribution >= 4 is 49.8 Å². The number of esters is 4. The first-order valence-electron chi connectivity index (χ1n) is 30.8. The monoisotopic (exact) mass is 1480 g/mol. The average molecular weight is 1490 g/mol. The standard InChI is InChI=1S/C15H26O2.2C13H23NO2.C10H17NO3.C6HF5O.C4H3F6O.C3H7NO3S.CH4NO2S/c1-10(2)13(16)17-12-8-14(4,5)11(3)15(6,7)9-12;2*1-9(2)11(15)16-10-7-12(3,4)14-13(5,6)8-10;1-9(2)10(12)14-8-5-11-3-6-13-7-4-11;7-1-2(8)4(10)6(12)5(11)3(1)9;1-2(11,3(5,6)7)4(8,9)10;1-3(5)4-8(2,6)7;1-5(2,3)4/h11-12H,1,8-9H2,2-7H3;2*10,14H,1,7-8H2,2-6H3;1,3-8H2,2H3;12H;1H3;1-2H3,(H,4,5);1H3,(H-,2,3,4)/q;;;;;-1;;-1/p+1. The summed E-state index contributed by atoms with van der Waals surface area (Å²) in [4.78, 5) is 47.1. The van der Waals surface area contributed by atoms with Gasteiger partial charge in [-0.05, 0) is 131 Å². The first kappa shape index (κ1) is 97.4. The molecule has 5 rings (SSSR count). The van der Waals surface area contributed by atoms with Crippen molar-refractivity contribution in [2.45, 2.75) is 228 Å². The highest BCUT2D eigenvalue weighted by molar-refractivity contribution is 7.92. The number of nitrogens with two attached hydrogens (primary N) is 2. The maximum Gasteiger partial charge on any atom is 0.388 e. The van der Waals surface area contributed by atoms with Crippen LogP contribution in [0.4, 0.5) is 48.3 Å². The zero-order valence-corrected chi connectivity index (χ0v) is 62.4. The molecule has 0 unspecified atom stereocenters. The minimum atomic E-state index is -5.80. The number of sulfonamides is 2. The lowest BCUT2D eigenvalue weighted by Gasteiger charge is -2.50. The van der Waals surface area contributed by atoms with Crippen molar-refractivity contribution < 1.29 is 139 Å². The molecule has 1 aromatic rings. The van der Waals surface area contributed by atoms with Gasteiger partial charge in [0.1, 0.15) is 44.6 Å². The number of alkyl halides is 6. The van der Waals surface area contributed by atoms with Crippen LogP contribution in [0, 0.1) is 45.8 Å². The van der Waals surface area contributed by atoms with Gasteiger partial charge in [-0.15, -0.1) is 0 Å². The summed E-state index contributed by atoms with van der Waals surface area (Å²) in [5.41, 5.74) is -2.05. The van der Waals surface area contributed by atoms with Crippen molar-refractivity contribution in [1.29, 1.82) is 0 Å². The summed E-state index contributed by atoms with van der Waals surface area (Å²) in [5.74, 6) is -14.7. The molecule has 3 heterocycles. The smallest absolute Gasteiger partial charge is 0.388 e. The van der Waals surface area contributed by atoms with E-state index in [1.165, 1.54) is 4.90 Å². The Labute approximate surface area is 576 Å². The van der Waals surface area contributed by atoms with E-state index in [4.69, 9.17) is 28.8 Å². The van der Waals surface area contributed by atoms with E-state index in [9.17, 15) is 99.6 Å². The van der Waals surface area contributed by atoms with Crippen molar-refractivity contribution in [3.63, 3.8) is 0 Å². The van der Waals surface area contributed by atoms with Crippen LogP contribution < -0.4 is 30.9 Å². The number of benzene rings is 1. The number of ether oxygens (including phenoxy) is 5. The highest BCUT2D eigenvalue weighted by Crippen LogP contribution is 2.51. The van der Waals surface area contributed by atoms with Crippen LogP contribution in [0.25, 0.3) is 5.14 Å². The minimum Gasteiger partial charge on any atom is -0.868 e. The number of hydrogen-bond donors (Lipinski definition) is 3. The number of carbonyl (C=O) groups is 4. The second-order valence-electron chi connectivity index (χ2n) is 29.2. The van der Waals surface area contributed by atoms with Gasteiger partial charge in [-0.3, -0.25) is 0 Å². The highest BCUT2D eigenvalue weighted by atomic mass is 32.2. The third-order valence-electron chi connectivity index (χ3n) is 15.1. The van der Waals surface area contributed by atoms with Gasteiger partial charge in [-0.1, -0.05) is 67.9 Å². The van der Waals surface area contributed by atoms with Crippen molar-refractivity contribution in [3.8, 4) is 5.75 Å². The predicted molar refractivity (Wildman–Crippen MR) is 344 cm³/mol. The molecular formula is C65H105F11N5O16S2-. The van der Waals surface area contributed by atoms with Crippen LogP contribution in [0.3, 0.4) is 0 Å². The van der Waals surface area contributed by atoms with Crippen LogP contribution >= 0.6 is 0 Å². The van der Waals surface area contributed by atoms with Gasteiger partial charge in [-0.2, -0.15) is 30.7 Å². The molecule has 34 heteroatoms. The third kappa shape index (κ3) is 39.9. The normalized spacial score (nSPS) is 20.2. The van der Waals surface area contributed by atoms with Gasteiger partial charge in [0.05, 0.1) is 57.2 Å². The lowest BCUT2D eigenvalue weighted by atomic mass is 9.57. The van der Waals surface area contributed by atoms with Crippen LogP contribution in [0.5, 0.6) is 5.75 Å². The topological polar surface area (TPSA) is 326 Å². The fourth-order valence-electron chi connectivity index (χ4n) is 10.8. The summed E-state index contributed by atoms with van der Waals surface area (Å²) in [6.07, 6.45) is -4.38. The number of quaternary nitrogens is 3. The van der Waals surface area contributed by atoms with Crippen LogP contribution in [0.1, 0.15) is 170 Å². The minimum absolute atomic E-state index is 0.0131. The summed E-state index contributed by atoms with van der Waals surface area (Å²) < 4.78 is 196. The predicted octanol–water partition coefficient (Wildman–Crippen LogP) is 7.16. The molecule has 0 aromatic heterocycles. The number of nitrogens with zero attached hydrogens (tertiary/aromatic N) is 1. The fraction of sp³-hybridized carbons (Fsp3) is 0.708. The quantitative estimate of drug-likeness (QED) is 0.0289. The number of morpholine rings is 1. The number of halogens is 11. The second kappa shape index (κ2) is 39.0. The Kier molecular flexibility index (Phi) is 38.4. The van der Waals surface area contributed by atoms with E-state index in [0.29, 0.717) is 34.8 Å². The molecule has 1 aromatic carbocycles. The number of carbonyl (C=O) groups excluding carboxylic acids is 4. The maximum atomic E-state index is 12.1. The van der Waals surface area contributed by atoms with Crippen molar-refractivity contribution in [2.75, 3.05) is 52.0 Å². The lowest BCUT2D eigenvalue weighted by Crippen LogP contribution is -3.14. The van der Waals surface area contributed by atoms with Gasteiger partial charge in [0.15, 0.2) is 29.1 Å². The molecule has 0 spiro atoms. The van der Waals surface area contributed by atoms with Crippen molar-refractivity contribution in [3.05, 3.63) is 82.8 Å². The molecule has 4 fully saturated rings. The lowest BCUT2D eigenvalue weighted by molar-refractivity contribution is -0.908. The first-order chi connectivity index (χ1) is 43.9. The molecular weight excluding hydrogens is 1380 g/mol. The number of nitrogens with one attached hydrogen (secondary N) is 2. The third-order valence-corrected chi connectivity index (χ3v) is 15.7. The van der Waals surface area contributed by atoms with E-state index in [1.807, 2.05) is 0 Å². The van der Waals surface area contributed by atoms with E-state index in [2.05, 4.69) is 131 Å². The average Bonchev–Trinajstić information content (AvgIpc) is 0.820. The zero-order valence-electron chi connectivity index (χ0n) is 60.7. The Morgan fingerprint density at radius 2 is 0.838 bits per heavy atom. The van der Waals surface area contributed by atoms with Gasteiger partial charge < -0.3 is 59.7 Å². The molecule has 6 N–H and O–H groups in total. The fourth-order valence-corrected chi connectivity index (χ4v) is 11.3. The van der Waals surface area contributed by atoms with Gasteiger partial charge >= 0.3 is 36.2 Å². The van der Waals surface area contributed by atoms with Crippen LogP contribution in [-0.4, -0.2) is 157 Å². The van der Waals surface area contributed by atoms with Crippen molar-refractivity contribution in [1.82, 2.24) is 0 Å². The molecule has 576 valence electrons. The van der Waals surface area contributed by atoms with Gasteiger partial charge in [0.25, 0.3) is 0 Å². The summed E-state index contributed by atoms with van der Waals surface area (Å²) in [6.45, 7) is 55.6. The molecule has 1 saturated carbocycles. The molecule has 0 amide bonds. The van der Waals surface area contributed by atoms with Gasteiger partial charge in [0, 0.05) is 54.2 Å². The van der Waals surface area contributed by atoms with E-state index in [-0.39, 0.29) is 75.2 Å². The highest BCUT2D eigenvalue weighted by Gasteiger charge is 2.59. The van der Waals surface area contributed by atoms with E-state index >= 15 is 0 Å². The molecule has 4 aliphatic rings. The summed E-state index contributed by atoms with van der Waals surface area (Å²) in [5, 5.41) is 40.6. The van der Waals surface area contributed by atoms with Crippen molar-refractivity contribution in [2.24, 2.45) is 21.1 Å². The molecule has 0 atom stereocenters. The molecule has 0 bridgehead atoms. The molecule has 3 aliphatic heterocycles. The largest absolute Gasteiger partial charge is 0.868 e. The first-order valence-corrected chi connectivity index (χ1v) is 34.6. The Morgan fingerprint density at radius 1 is 0.576 bits per heavy atom. The van der Waals surface area contributed by atoms with Gasteiger partial charge in [0.2, 0.25) is 10.0 Å². The Bertz CT molecular complexity index is 2940. The number of piperidine rings is 2. The molecule has 3 saturated heterocycles. The molecule has 99 heavy (non-hydrogen) atoms. The second-order valence-corrected chi connectivity index (χ2v) is 32.4. The van der Waals surface area contributed by atoms with Gasteiger partial charge in [-0.25, -0.2) is 58.0 Å². The summed E-state index contributed by atoms with van der Waals surface area (Å²) in [7, 11) is -6.86. The van der Waals surface area contributed by atoms with E-state index < -0.39 is 85.7 Å². The Balaban J connectivity index is -0.00000108. The number of rotatable bonds is 11. The Hall–Kier alpha value is -5.78.